The molecule has 1 aromatic heterocycles. The number of benzene rings is 1. The van der Waals surface area contributed by atoms with Gasteiger partial charge >= 0.3 is 0 Å². The maximum Gasteiger partial charge on any atom is 0.224 e. The van der Waals surface area contributed by atoms with E-state index in [4.69, 9.17) is 0 Å². The lowest BCUT2D eigenvalue weighted by Gasteiger charge is -2.05. The van der Waals surface area contributed by atoms with Gasteiger partial charge < -0.3 is 10.3 Å². The number of aromatic amines is 1. The lowest BCUT2D eigenvalue weighted by Crippen LogP contribution is -2.11. The Morgan fingerprint density at radius 3 is 2.79 bits per heavy atom. The molecule has 0 bridgehead atoms. The Kier molecular flexibility index (Phi) is 4.61. The van der Waals surface area contributed by atoms with Crippen molar-refractivity contribution in [2.45, 2.75) is 46.0 Å². The lowest BCUT2D eigenvalue weighted by atomic mass is 10.1. The first-order valence-corrected chi connectivity index (χ1v) is 7.09. The molecule has 2 rings (SSSR count). The van der Waals surface area contributed by atoms with Crippen LogP contribution in [0.2, 0.25) is 0 Å². The molecule has 3 nitrogen and oxygen atoms in total. The second-order valence-electron chi connectivity index (χ2n) is 5.03. The zero-order chi connectivity index (χ0) is 13.7. The standard InChI is InChI=1S/C16H22N2O/c1-3-4-5-6-11-15(19)18-16-12(2)17-14-10-8-7-9-13(14)16/h7-10,17H,3-6,11H2,1-2H3,(H,18,19). The zero-order valence-corrected chi connectivity index (χ0v) is 11.8. The fraction of sp³-hybridized carbons (Fsp3) is 0.438. The third-order valence-electron chi connectivity index (χ3n) is 3.42. The molecular weight excluding hydrogens is 236 g/mol. The summed E-state index contributed by atoms with van der Waals surface area (Å²) in [6.07, 6.45) is 5.12. The van der Waals surface area contributed by atoms with Gasteiger partial charge in [-0.25, -0.2) is 0 Å². The number of anilines is 1. The molecule has 0 atom stereocenters. The van der Waals surface area contributed by atoms with Crippen LogP contribution in [-0.4, -0.2) is 10.9 Å². The molecule has 0 aliphatic carbocycles. The smallest absolute Gasteiger partial charge is 0.224 e. The number of hydrogen-bond donors (Lipinski definition) is 2. The van der Waals surface area contributed by atoms with Crippen molar-refractivity contribution in [2.24, 2.45) is 0 Å². The van der Waals surface area contributed by atoms with Gasteiger partial charge in [0.25, 0.3) is 0 Å². The van der Waals surface area contributed by atoms with Crippen molar-refractivity contribution in [3.8, 4) is 0 Å². The molecule has 0 aliphatic heterocycles. The van der Waals surface area contributed by atoms with Crippen LogP contribution in [0.5, 0.6) is 0 Å². The average molecular weight is 258 g/mol. The van der Waals surface area contributed by atoms with Crippen molar-refractivity contribution < 1.29 is 4.79 Å². The molecule has 1 heterocycles. The molecule has 2 aromatic rings. The van der Waals surface area contributed by atoms with E-state index in [1.165, 1.54) is 12.8 Å². The van der Waals surface area contributed by atoms with Crippen LogP contribution in [0.3, 0.4) is 0 Å². The van der Waals surface area contributed by atoms with E-state index < -0.39 is 0 Å². The molecule has 0 saturated heterocycles. The number of rotatable bonds is 6. The van der Waals surface area contributed by atoms with Crippen LogP contribution in [0.4, 0.5) is 5.69 Å². The number of unbranched alkanes of at least 4 members (excludes halogenated alkanes) is 3. The highest BCUT2D eigenvalue weighted by atomic mass is 16.1. The third-order valence-corrected chi connectivity index (χ3v) is 3.42. The van der Waals surface area contributed by atoms with E-state index in [1.807, 2.05) is 31.2 Å². The minimum absolute atomic E-state index is 0.115. The van der Waals surface area contributed by atoms with Gasteiger partial charge in [-0.2, -0.15) is 0 Å². The van der Waals surface area contributed by atoms with Gasteiger partial charge in [0.1, 0.15) is 0 Å². The van der Waals surface area contributed by atoms with E-state index in [0.29, 0.717) is 6.42 Å². The normalized spacial score (nSPS) is 10.8. The quantitative estimate of drug-likeness (QED) is 0.742. The van der Waals surface area contributed by atoms with E-state index in [9.17, 15) is 4.79 Å². The zero-order valence-electron chi connectivity index (χ0n) is 11.8. The van der Waals surface area contributed by atoms with Crippen molar-refractivity contribution in [3.05, 3.63) is 30.0 Å². The third kappa shape index (κ3) is 3.37. The van der Waals surface area contributed by atoms with Crippen molar-refractivity contribution in [1.82, 2.24) is 4.98 Å². The first-order valence-electron chi connectivity index (χ1n) is 7.09. The van der Waals surface area contributed by atoms with Crippen LogP contribution >= 0.6 is 0 Å². The topological polar surface area (TPSA) is 44.9 Å². The van der Waals surface area contributed by atoms with Crippen LogP contribution in [0.15, 0.2) is 24.3 Å². The van der Waals surface area contributed by atoms with Crippen molar-refractivity contribution in [1.29, 1.82) is 0 Å². The van der Waals surface area contributed by atoms with Gasteiger partial charge in [0, 0.05) is 23.0 Å². The number of hydrogen-bond acceptors (Lipinski definition) is 1. The van der Waals surface area contributed by atoms with Gasteiger partial charge in [-0.3, -0.25) is 4.79 Å². The van der Waals surface area contributed by atoms with Crippen LogP contribution < -0.4 is 5.32 Å². The van der Waals surface area contributed by atoms with Crippen LogP contribution in [0.25, 0.3) is 10.9 Å². The molecule has 102 valence electrons. The summed E-state index contributed by atoms with van der Waals surface area (Å²) in [5.74, 6) is 0.115. The molecule has 3 heteroatoms. The van der Waals surface area contributed by atoms with Crippen molar-refractivity contribution in [2.75, 3.05) is 5.32 Å². The summed E-state index contributed by atoms with van der Waals surface area (Å²) in [6, 6.07) is 8.05. The molecule has 19 heavy (non-hydrogen) atoms. The SMILES string of the molecule is CCCCCCC(=O)Nc1c(C)[nH]c2ccccc12. The molecule has 0 aliphatic rings. The van der Waals surface area contributed by atoms with Gasteiger partial charge in [-0.15, -0.1) is 0 Å². The Morgan fingerprint density at radius 1 is 1.21 bits per heavy atom. The summed E-state index contributed by atoms with van der Waals surface area (Å²) in [7, 11) is 0. The highest BCUT2D eigenvalue weighted by molar-refractivity contribution is 6.02. The predicted octanol–water partition coefficient (Wildman–Crippen LogP) is 4.39. The monoisotopic (exact) mass is 258 g/mol. The fourth-order valence-corrected chi connectivity index (χ4v) is 2.35. The average Bonchev–Trinajstić information content (AvgIpc) is 2.72. The van der Waals surface area contributed by atoms with E-state index in [0.717, 1.165) is 35.1 Å². The minimum Gasteiger partial charge on any atom is -0.357 e. The molecule has 1 aromatic carbocycles. The lowest BCUT2D eigenvalue weighted by molar-refractivity contribution is -0.116. The number of aryl methyl sites for hydroxylation is 1. The molecule has 1 amide bonds. The number of amides is 1. The summed E-state index contributed by atoms with van der Waals surface area (Å²) in [5.41, 5.74) is 3.01. The maximum atomic E-state index is 11.9. The maximum absolute atomic E-state index is 11.9. The molecule has 0 spiro atoms. The number of nitrogens with one attached hydrogen (secondary N) is 2. The summed E-state index contributed by atoms with van der Waals surface area (Å²) < 4.78 is 0. The van der Waals surface area contributed by atoms with Crippen molar-refractivity contribution >= 4 is 22.5 Å². The second-order valence-corrected chi connectivity index (χ2v) is 5.03. The summed E-state index contributed by atoms with van der Waals surface area (Å²) >= 11 is 0. The van der Waals surface area contributed by atoms with Gasteiger partial charge in [0.2, 0.25) is 5.91 Å². The van der Waals surface area contributed by atoms with E-state index >= 15 is 0 Å². The Balaban J connectivity index is 2.00. The summed E-state index contributed by atoms with van der Waals surface area (Å²) in [4.78, 5) is 15.2. The fourth-order valence-electron chi connectivity index (χ4n) is 2.35. The Hall–Kier alpha value is -1.77. The van der Waals surface area contributed by atoms with E-state index in [2.05, 4.69) is 17.2 Å². The Bertz CT molecular complexity index is 557. The first kappa shape index (κ1) is 13.7. The van der Waals surface area contributed by atoms with Gasteiger partial charge in [-0.05, 0) is 19.4 Å². The number of H-pyrrole nitrogens is 1. The Labute approximate surface area is 114 Å². The number of fused-ring (bicyclic) bond motifs is 1. The minimum atomic E-state index is 0.115. The van der Waals surface area contributed by atoms with Gasteiger partial charge in [0.15, 0.2) is 0 Å². The number of para-hydroxylation sites is 1. The molecule has 0 radical (unpaired) electrons. The first-order chi connectivity index (χ1) is 9.22. The van der Waals surface area contributed by atoms with Crippen molar-refractivity contribution in [3.63, 3.8) is 0 Å². The number of aromatic nitrogens is 1. The number of carbonyl (C=O) groups is 1. The highest BCUT2D eigenvalue weighted by Gasteiger charge is 2.10. The van der Waals surface area contributed by atoms with Gasteiger partial charge in [0.05, 0.1) is 5.69 Å². The molecule has 0 saturated carbocycles. The van der Waals surface area contributed by atoms with Crippen LogP contribution in [0, 0.1) is 6.92 Å². The summed E-state index contributed by atoms with van der Waals surface area (Å²) in [5, 5.41) is 4.13. The highest BCUT2D eigenvalue weighted by Crippen LogP contribution is 2.27. The molecule has 0 unspecified atom stereocenters. The summed E-state index contributed by atoms with van der Waals surface area (Å²) in [6.45, 7) is 4.17. The second kappa shape index (κ2) is 6.41. The van der Waals surface area contributed by atoms with Gasteiger partial charge in [-0.1, -0.05) is 44.4 Å². The van der Waals surface area contributed by atoms with E-state index in [-0.39, 0.29) is 5.91 Å². The van der Waals surface area contributed by atoms with Crippen LogP contribution in [0.1, 0.15) is 44.7 Å². The van der Waals surface area contributed by atoms with Crippen LogP contribution in [-0.2, 0) is 4.79 Å². The number of carbonyl (C=O) groups excluding carboxylic acids is 1. The molecular formula is C16H22N2O. The molecule has 0 fully saturated rings. The molecule has 2 N–H and O–H groups in total. The Morgan fingerprint density at radius 2 is 2.00 bits per heavy atom. The van der Waals surface area contributed by atoms with E-state index in [1.54, 1.807) is 0 Å². The predicted molar refractivity (Wildman–Crippen MR) is 80.4 cm³/mol. The largest absolute Gasteiger partial charge is 0.357 e.